The first-order chi connectivity index (χ1) is 8.24. The van der Waals surface area contributed by atoms with Gasteiger partial charge in [0.1, 0.15) is 0 Å². The maximum Gasteiger partial charge on any atom is 0.200 e. The van der Waals surface area contributed by atoms with Crippen LogP contribution in [0.3, 0.4) is 0 Å². The predicted octanol–water partition coefficient (Wildman–Crippen LogP) is 3.14. The molecular formula is C14H20O3. The third-order valence-electron chi connectivity index (χ3n) is 3.54. The lowest BCUT2D eigenvalue weighted by atomic mass is 9.97. The highest BCUT2D eigenvalue weighted by atomic mass is 16.5. The number of benzene rings is 1. The van der Waals surface area contributed by atoms with E-state index in [1.807, 2.05) is 12.1 Å². The van der Waals surface area contributed by atoms with Crippen molar-refractivity contribution in [3.63, 3.8) is 0 Å². The van der Waals surface area contributed by atoms with Gasteiger partial charge in [0.05, 0.1) is 14.2 Å². The minimum atomic E-state index is 0.0881. The molecule has 1 aliphatic carbocycles. The topological polar surface area (TPSA) is 38.7 Å². The lowest BCUT2D eigenvalue weighted by Crippen LogP contribution is -2.00. The Balaban J connectivity index is 2.21. The number of aromatic hydroxyl groups is 1. The van der Waals surface area contributed by atoms with Gasteiger partial charge in [0, 0.05) is 0 Å². The molecule has 2 rings (SSSR count). The molecular weight excluding hydrogens is 216 g/mol. The second kappa shape index (κ2) is 5.30. The minimum absolute atomic E-state index is 0.0881. The van der Waals surface area contributed by atoms with Crippen LogP contribution in [0, 0.1) is 5.92 Å². The smallest absolute Gasteiger partial charge is 0.200 e. The molecule has 3 nitrogen and oxygen atoms in total. The van der Waals surface area contributed by atoms with Crippen molar-refractivity contribution in [1.82, 2.24) is 0 Å². The molecule has 0 amide bonds. The Morgan fingerprint density at radius 1 is 1.12 bits per heavy atom. The molecule has 17 heavy (non-hydrogen) atoms. The fraction of sp³-hybridized carbons (Fsp3) is 0.571. The maximum absolute atomic E-state index is 9.82. The van der Waals surface area contributed by atoms with Crippen LogP contribution in [0.5, 0.6) is 17.2 Å². The second-order valence-electron chi connectivity index (χ2n) is 4.70. The van der Waals surface area contributed by atoms with Crippen LogP contribution in [0.2, 0.25) is 0 Å². The summed E-state index contributed by atoms with van der Waals surface area (Å²) in [7, 11) is 3.13. The van der Waals surface area contributed by atoms with Crippen molar-refractivity contribution in [1.29, 1.82) is 0 Å². The summed E-state index contributed by atoms with van der Waals surface area (Å²) in [4.78, 5) is 0. The molecule has 1 fully saturated rings. The number of phenolic OH excluding ortho intramolecular Hbond substituents is 1. The van der Waals surface area contributed by atoms with Crippen LogP contribution >= 0.6 is 0 Å². The van der Waals surface area contributed by atoms with E-state index in [0.717, 1.165) is 12.3 Å². The van der Waals surface area contributed by atoms with Gasteiger partial charge in [-0.2, -0.15) is 0 Å². The SMILES string of the molecule is COc1cc(CC2CCCC2)cc(OC)c1O. The zero-order valence-corrected chi connectivity index (χ0v) is 10.5. The first-order valence-electron chi connectivity index (χ1n) is 6.18. The fourth-order valence-corrected chi connectivity index (χ4v) is 2.61. The van der Waals surface area contributed by atoms with Crippen molar-refractivity contribution in [2.45, 2.75) is 32.1 Å². The average Bonchev–Trinajstić information content (AvgIpc) is 2.84. The third-order valence-corrected chi connectivity index (χ3v) is 3.54. The van der Waals surface area contributed by atoms with Crippen molar-refractivity contribution in [3.8, 4) is 17.2 Å². The van der Waals surface area contributed by atoms with Crippen LogP contribution in [0.4, 0.5) is 0 Å². The number of rotatable bonds is 4. The van der Waals surface area contributed by atoms with Gasteiger partial charge in [0.25, 0.3) is 0 Å². The average molecular weight is 236 g/mol. The maximum atomic E-state index is 9.82. The number of hydrogen-bond donors (Lipinski definition) is 1. The van der Waals surface area contributed by atoms with Gasteiger partial charge in [-0.1, -0.05) is 25.7 Å². The van der Waals surface area contributed by atoms with E-state index in [0.29, 0.717) is 11.5 Å². The van der Waals surface area contributed by atoms with Gasteiger partial charge in [-0.3, -0.25) is 0 Å². The first kappa shape index (κ1) is 12.1. The molecule has 1 N–H and O–H groups in total. The zero-order chi connectivity index (χ0) is 12.3. The Kier molecular flexibility index (Phi) is 3.77. The Bertz CT molecular complexity index is 356. The molecule has 1 aliphatic rings. The molecule has 0 aromatic heterocycles. The molecule has 0 saturated heterocycles. The Morgan fingerprint density at radius 3 is 2.12 bits per heavy atom. The molecule has 1 aromatic rings. The van der Waals surface area contributed by atoms with Gasteiger partial charge >= 0.3 is 0 Å². The molecule has 3 heteroatoms. The zero-order valence-electron chi connectivity index (χ0n) is 10.5. The Labute approximate surface area is 102 Å². The summed E-state index contributed by atoms with van der Waals surface area (Å²) in [6.07, 6.45) is 6.36. The standard InChI is InChI=1S/C14H20O3/c1-16-12-8-11(7-10-5-3-4-6-10)9-13(17-2)14(12)15/h8-10,15H,3-7H2,1-2H3. The lowest BCUT2D eigenvalue weighted by molar-refractivity contribution is 0.338. The van der Waals surface area contributed by atoms with Gasteiger partial charge in [-0.05, 0) is 30.0 Å². The molecule has 0 heterocycles. The van der Waals surface area contributed by atoms with Crippen LogP contribution in [0.25, 0.3) is 0 Å². The number of hydrogen-bond acceptors (Lipinski definition) is 3. The Morgan fingerprint density at radius 2 is 1.65 bits per heavy atom. The molecule has 1 saturated carbocycles. The summed E-state index contributed by atoms with van der Waals surface area (Å²) >= 11 is 0. The monoisotopic (exact) mass is 236 g/mol. The molecule has 0 bridgehead atoms. The van der Waals surface area contributed by atoms with Crippen molar-refractivity contribution in [2.75, 3.05) is 14.2 Å². The van der Waals surface area contributed by atoms with E-state index in [9.17, 15) is 5.11 Å². The summed E-state index contributed by atoms with van der Waals surface area (Å²) in [5.41, 5.74) is 1.18. The first-order valence-corrected chi connectivity index (χ1v) is 6.18. The molecule has 0 atom stereocenters. The van der Waals surface area contributed by atoms with E-state index in [1.165, 1.54) is 31.2 Å². The summed E-state index contributed by atoms with van der Waals surface area (Å²) in [5, 5.41) is 9.82. The highest BCUT2D eigenvalue weighted by molar-refractivity contribution is 5.52. The summed E-state index contributed by atoms with van der Waals surface area (Å²) < 4.78 is 10.3. The quantitative estimate of drug-likeness (QED) is 0.872. The van der Waals surface area contributed by atoms with E-state index in [2.05, 4.69) is 0 Å². The van der Waals surface area contributed by atoms with Crippen molar-refractivity contribution < 1.29 is 14.6 Å². The summed E-state index contributed by atoms with van der Waals surface area (Å²) in [6.45, 7) is 0. The lowest BCUT2D eigenvalue weighted by Gasteiger charge is -2.13. The highest BCUT2D eigenvalue weighted by Crippen LogP contribution is 2.38. The summed E-state index contributed by atoms with van der Waals surface area (Å²) in [6, 6.07) is 3.83. The molecule has 0 radical (unpaired) electrons. The van der Waals surface area contributed by atoms with Gasteiger partial charge in [0.2, 0.25) is 5.75 Å². The fourth-order valence-electron chi connectivity index (χ4n) is 2.61. The third kappa shape index (κ3) is 2.65. The van der Waals surface area contributed by atoms with E-state index >= 15 is 0 Å². The highest BCUT2D eigenvalue weighted by Gasteiger charge is 2.18. The van der Waals surface area contributed by atoms with Gasteiger partial charge in [-0.25, -0.2) is 0 Å². The molecule has 1 aromatic carbocycles. The molecule has 0 unspecified atom stereocenters. The Hall–Kier alpha value is -1.38. The number of ether oxygens (including phenoxy) is 2. The predicted molar refractivity (Wildman–Crippen MR) is 66.9 cm³/mol. The van der Waals surface area contributed by atoms with Crippen molar-refractivity contribution >= 4 is 0 Å². The van der Waals surface area contributed by atoms with Crippen LogP contribution in [0.15, 0.2) is 12.1 Å². The van der Waals surface area contributed by atoms with Crippen LogP contribution in [-0.4, -0.2) is 19.3 Å². The van der Waals surface area contributed by atoms with Crippen LogP contribution in [0.1, 0.15) is 31.2 Å². The molecule has 94 valence electrons. The van der Waals surface area contributed by atoms with E-state index in [1.54, 1.807) is 14.2 Å². The van der Waals surface area contributed by atoms with Crippen LogP contribution in [-0.2, 0) is 6.42 Å². The van der Waals surface area contributed by atoms with E-state index < -0.39 is 0 Å². The van der Waals surface area contributed by atoms with Gasteiger partial charge < -0.3 is 14.6 Å². The summed E-state index contributed by atoms with van der Waals surface area (Å²) in [5.74, 6) is 1.86. The number of methoxy groups -OCH3 is 2. The van der Waals surface area contributed by atoms with Gasteiger partial charge in [0.15, 0.2) is 11.5 Å². The van der Waals surface area contributed by atoms with E-state index in [-0.39, 0.29) is 5.75 Å². The van der Waals surface area contributed by atoms with Crippen LogP contribution < -0.4 is 9.47 Å². The molecule has 0 aliphatic heterocycles. The molecule has 0 spiro atoms. The normalized spacial score (nSPS) is 16.1. The largest absolute Gasteiger partial charge is 0.502 e. The minimum Gasteiger partial charge on any atom is -0.502 e. The van der Waals surface area contributed by atoms with Crippen molar-refractivity contribution in [3.05, 3.63) is 17.7 Å². The van der Waals surface area contributed by atoms with Crippen molar-refractivity contribution in [2.24, 2.45) is 5.92 Å². The second-order valence-corrected chi connectivity index (χ2v) is 4.70. The number of phenols is 1. The van der Waals surface area contributed by atoms with Gasteiger partial charge in [-0.15, -0.1) is 0 Å². The van der Waals surface area contributed by atoms with E-state index in [4.69, 9.17) is 9.47 Å².